The van der Waals surface area contributed by atoms with Crippen LogP contribution in [0.5, 0.6) is 0 Å². The van der Waals surface area contributed by atoms with Crippen LogP contribution >= 0.6 is 15.9 Å². The van der Waals surface area contributed by atoms with Crippen molar-refractivity contribution in [3.05, 3.63) is 20.9 Å². The number of hydrogen-bond donors (Lipinski definition) is 0. The van der Waals surface area contributed by atoms with Crippen LogP contribution < -0.4 is 0 Å². The molecule has 0 aromatic rings. The van der Waals surface area contributed by atoms with Crippen LogP contribution in [0.2, 0.25) is 0 Å². The van der Waals surface area contributed by atoms with E-state index in [-0.39, 0.29) is 5.76 Å². The summed E-state index contributed by atoms with van der Waals surface area (Å²) < 4.78 is 0. The first kappa shape index (κ1) is 7.42. The van der Waals surface area contributed by atoms with Crippen molar-refractivity contribution in [1.29, 1.82) is 0 Å². The molecule has 5 heteroatoms. The molecule has 0 saturated carbocycles. The quantitative estimate of drug-likeness (QED) is 0.369. The molecule has 0 atom stereocenters. The van der Waals surface area contributed by atoms with Gasteiger partial charge in [-0.2, -0.15) is 0 Å². The average Bonchev–Trinajstić information content (AvgIpc) is 1.65. The standard InChI is InChI=1S/C3H4BrNO3/c1-3(2-4)8-5(6)7/h2H,1H3. The maximum Gasteiger partial charge on any atom is 0.299 e. The van der Waals surface area contributed by atoms with E-state index in [1.54, 1.807) is 0 Å². The molecule has 0 N–H and O–H groups in total. The normalized spacial score (nSPS) is 11.0. The first-order chi connectivity index (χ1) is 3.66. The predicted molar refractivity (Wildman–Crippen MR) is 30.8 cm³/mol. The maximum atomic E-state index is 9.49. The highest BCUT2D eigenvalue weighted by Crippen LogP contribution is 1.97. The van der Waals surface area contributed by atoms with Crippen LogP contribution in [-0.4, -0.2) is 5.09 Å². The zero-order chi connectivity index (χ0) is 6.57. The molecular weight excluding hydrogens is 178 g/mol. The summed E-state index contributed by atoms with van der Waals surface area (Å²) in [6, 6.07) is 0. The van der Waals surface area contributed by atoms with Crippen LogP contribution in [0, 0.1) is 10.1 Å². The molecule has 0 rings (SSSR count). The van der Waals surface area contributed by atoms with Gasteiger partial charge in [0.1, 0.15) is 5.76 Å². The molecule has 0 spiro atoms. The molecule has 0 radical (unpaired) electrons. The Hall–Kier alpha value is -0.580. The molecule has 0 heterocycles. The van der Waals surface area contributed by atoms with Gasteiger partial charge in [-0.05, 0) is 6.92 Å². The lowest BCUT2D eigenvalue weighted by atomic mass is 10.7. The minimum atomic E-state index is -0.868. The number of allylic oxidation sites excluding steroid dienone is 1. The first-order valence-corrected chi connectivity index (χ1v) is 2.67. The highest BCUT2D eigenvalue weighted by Gasteiger charge is 1.92. The third kappa shape index (κ3) is 3.60. The second-order valence-corrected chi connectivity index (χ2v) is 1.49. The SMILES string of the molecule is CC(=CBr)O[N+](=O)[O-]. The molecule has 0 saturated heterocycles. The van der Waals surface area contributed by atoms with Crippen molar-refractivity contribution in [2.45, 2.75) is 6.92 Å². The molecule has 4 nitrogen and oxygen atoms in total. The lowest BCUT2D eigenvalue weighted by Gasteiger charge is -1.90. The zero-order valence-corrected chi connectivity index (χ0v) is 5.71. The molecule has 0 aliphatic carbocycles. The number of nitrogens with zero attached hydrogens (tertiary/aromatic N) is 1. The Balaban J connectivity index is 3.56. The molecule has 0 fully saturated rings. The van der Waals surface area contributed by atoms with Crippen molar-refractivity contribution >= 4 is 15.9 Å². The van der Waals surface area contributed by atoms with Crippen LogP contribution in [0.15, 0.2) is 10.7 Å². The fourth-order valence-electron chi connectivity index (χ4n) is 0.137. The maximum absolute atomic E-state index is 9.49. The summed E-state index contributed by atoms with van der Waals surface area (Å²) in [5.41, 5.74) is 0. The summed E-state index contributed by atoms with van der Waals surface area (Å²) in [7, 11) is 0. The summed E-state index contributed by atoms with van der Waals surface area (Å²) in [6.07, 6.45) is 0. The summed E-state index contributed by atoms with van der Waals surface area (Å²) in [6.45, 7) is 1.47. The van der Waals surface area contributed by atoms with Crippen molar-refractivity contribution in [2.24, 2.45) is 0 Å². The predicted octanol–water partition coefficient (Wildman–Crippen LogP) is 1.45. The molecule has 0 amide bonds. The van der Waals surface area contributed by atoms with Gasteiger partial charge in [0.2, 0.25) is 0 Å². The topological polar surface area (TPSA) is 52.4 Å². The number of halogens is 1. The molecule has 0 bridgehead atoms. The van der Waals surface area contributed by atoms with E-state index in [1.807, 2.05) is 0 Å². The molecule has 0 aliphatic heterocycles. The minimum absolute atomic E-state index is 0.218. The molecule has 8 heavy (non-hydrogen) atoms. The minimum Gasteiger partial charge on any atom is -0.280 e. The largest absolute Gasteiger partial charge is 0.299 e. The van der Waals surface area contributed by atoms with Gasteiger partial charge in [0.15, 0.2) is 0 Å². The smallest absolute Gasteiger partial charge is 0.280 e. The van der Waals surface area contributed by atoms with E-state index < -0.39 is 5.09 Å². The first-order valence-electron chi connectivity index (χ1n) is 1.76. The lowest BCUT2D eigenvalue weighted by molar-refractivity contribution is -0.742. The van der Waals surface area contributed by atoms with Gasteiger partial charge in [-0.25, -0.2) is 0 Å². The molecule has 0 aliphatic rings. The highest BCUT2D eigenvalue weighted by molar-refractivity contribution is 9.11. The van der Waals surface area contributed by atoms with Gasteiger partial charge in [-0.3, -0.25) is 4.84 Å². The van der Waals surface area contributed by atoms with Gasteiger partial charge in [0, 0.05) is 4.99 Å². The van der Waals surface area contributed by atoms with E-state index in [4.69, 9.17) is 0 Å². The Kier molecular flexibility index (Phi) is 3.18. The van der Waals surface area contributed by atoms with Crippen molar-refractivity contribution in [2.75, 3.05) is 0 Å². The fraction of sp³-hybridized carbons (Fsp3) is 0.333. The summed E-state index contributed by atoms with van der Waals surface area (Å²) in [5.74, 6) is 0.218. The Labute approximate surface area is 54.4 Å². The number of rotatable bonds is 2. The summed E-state index contributed by atoms with van der Waals surface area (Å²) >= 11 is 2.85. The third-order valence-electron chi connectivity index (χ3n) is 0.372. The van der Waals surface area contributed by atoms with E-state index in [0.29, 0.717) is 0 Å². The van der Waals surface area contributed by atoms with Gasteiger partial charge in [-0.1, -0.05) is 15.9 Å². The zero-order valence-electron chi connectivity index (χ0n) is 4.13. The Morgan fingerprint density at radius 1 is 2.00 bits per heavy atom. The van der Waals surface area contributed by atoms with E-state index in [2.05, 4.69) is 20.8 Å². The Bertz CT molecular complexity index is 122. The van der Waals surface area contributed by atoms with Gasteiger partial charge >= 0.3 is 0 Å². The van der Waals surface area contributed by atoms with Crippen molar-refractivity contribution in [3.8, 4) is 0 Å². The van der Waals surface area contributed by atoms with Crippen molar-refractivity contribution in [1.82, 2.24) is 0 Å². The Morgan fingerprint density at radius 2 is 2.50 bits per heavy atom. The van der Waals surface area contributed by atoms with Crippen LogP contribution in [0.1, 0.15) is 6.92 Å². The monoisotopic (exact) mass is 181 g/mol. The third-order valence-corrected chi connectivity index (χ3v) is 1.02. The summed E-state index contributed by atoms with van der Waals surface area (Å²) in [5, 5.41) is 8.62. The van der Waals surface area contributed by atoms with Gasteiger partial charge in [0.25, 0.3) is 5.09 Å². The molecule has 0 aromatic heterocycles. The van der Waals surface area contributed by atoms with Crippen LogP contribution in [0.4, 0.5) is 0 Å². The van der Waals surface area contributed by atoms with Crippen molar-refractivity contribution in [3.63, 3.8) is 0 Å². The second-order valence-electron chi connectivity index (χ2n) is 1.03. The van der Waals surface area contributed by atoms with Crippen molar-refractivity contribution < 1.29 is 9.92 Å². The molecular formula is C3H4BrNO3. The lowest BCUT2D eigenvalue weighted by Crippen LogP contribution is -1.96. The second kappa shape index (κ2) is 3.43. The molecule has 0 aromatic carbocycles. The molecule has 0 unspecified atom stereocenters. The fourth-order valence-corrected chi connectivity index (χ4v) is 0.221. The highest BCUT2D eigenvalue weighted by atomic mass is 79.9. The van der Waals surface area contributed by atoms with E-state index in [1.165, 1.54) is 11.9 Å². The summed E-state index contributed by atoms with van der Waals surface area (Å²) in [4.78, 5) is 14.8. The van der Waals surface area contributed by atoms with Crippen LogP contribution in [-0.2, 0) is 4.84 Å². The van der Waals surface area contributed by atoms with Gasteiger partial charge in [-0.15, -0.1) is 10.1 Å². The molecule has 46 valence electrons. The van der Waals surface area contributed by atoms with Gasteiger partial charge in [0.05, 0.1) is 0 Å². The Morgan fingerprint density at radius 3 is 2.62 bits per heavy atom. The number of hydrogen-bond acceptors (Lipinski definition) is 3. The van der Waals surface area contributed by atoms with Crippen LogP contribution in [0.25, 0.3) is 0 Å². The van der Waals surface area contributed by atoms with E-state index in [0.717, 1.165) is 0 Å². The van der Waals surface area contributed by atoms with E-state index in [9.17, 15) is 10.1 Å². The van der Waals surface area contributed by atoms with E-state index >= 15 is 0 Å². The van der Waals surface area contributed by atoms with Gasteiger partial charge < -0.3 is 0 Å². The average molecular weight is 182 g/mol. The van der Waals surface area contributed by atoms with Crippen LogP contribution in [0.3, 0.4) is 0 Å².